The summed E-state index contributed by atoms with van der Waals surface area (Å²) in [5.41, 5.74) is 3.05. The molecule has 0 bridgehead atoms. The van der Waals surface area contributed by atoms with Crippen LogP contribution in [0.5, 0.6) is 5.75 Å². The van der Waals surface area contributed by atoms with Crippen LogP contribution in [-0.2, 0) is 16.1 Å². The highest BCUT2D eigenvalue weighted by Gasteiger charge is 2.39. The van der Waals surface area contributed by atoms with Gasteiger partial charge in [0.15, 0.2) is 0 Å². The minimum Gasteiger partial charge on any atom is -0.491 e. The van der Waals surface area contributed by atoms with E-state index in [1.165, 1.54) is 11.2 Å². The fourth-order valence-electron chi connectivity index (χ4n) is 3.42. The summed E-state index contributed by atoms with van der Waals surface area (Å²) in [6, 6.07) is 18.3. The molecule has 2 amide bonds. The van der Waals surface area contributed by atoms with Gasteiger partial charge in [0.1, 0.15) is 17.2 Å². The molecular weight excluding hydrogens is 392 g/mol. The van der Waals surface area contributed by atoms with Crippen molar-refractivity contribution in [2.24, 2.45) is 0 Å². The lowest BCUT2D eigenvalue weighted by Gasteiger charge is -2.14. The van der Waals surface area contributed by atoms with Crippen LogP contribution in [0.1, 0.15) is 30.7 Å². The minimum absolute atomic E-state index is 0.0684. The predicted octanol–water partition coefficient (Wildman–Crippen LogP) is 4.77. The number of nitrogens with one attached hydrogen (secondary N) is 1. The number of carbonyl (C=O) groups is 2. The third kappa shape index (κ3) is 4.38. The summed E-state index contributed by atoms with van der Waals surface area (Å²) < 4.78 is 11.0. The van der Waals surface area contributed by atoms with E-state index in [0.717, 1.165) is 11.3 Å². The molecule has 1 aliphatic rings. The van der Waals surface area contributed by atoms with E-state index in [1.807, 2.05) is 69.3 Å². The lowest BCUT2D eigenvalue weighted by Crippen LogP contribution is -2.31. The second kappa shape index (κ2) is 8.52. The first-order chi connectivity index (χ1) is 14.9. The molecule has 0 saturated heterocycles. The fourth-order valence-corrected chi connectivity index (χ4v) is 3.42. The highest BCUT2D eigenvalue weighted by atomic mass is 16.5. The predicted molar refractivity (Wildman–Crippen MR) is 118 cm³/mol. The Morgan fingerprint density at radius 2 is 1.68 bits per heavy atom. The van der Waals surface area contributed by atoms with E-state index in [2.05, 4.69) is 5.32 Å². The number of anilines is 1. The van der Waals surface area contributed by atoms with Gasteiger partial charge in [-0.05, 0) is 62.7 Å². The van der Waals surface area contributed by atoms with Crippen LogP contribution in [0.25, 0.3) is 5.57 Å². The first-order valence-corrected chi connectivity index (χ1v) is 10.2. The van der Waals surface area contributed by atoms with E-state index in [-0.39, 0.29) is 30.2 Å². The molecule has 1 aromatic heterocycles. The Bertz CT molecular complexity index is 1110. The molecule has 31 heavy (non-hydrogen) atoms. The summed E-state index contributed by atoms with van der Waals surface area (Å²) in [5, 5.41) is 3.16. The molecule has 6 nitrogen and oxygen atoms in total. The van der Waals surface area contributed by atoms with Crippen molar-refractivity contribution in [3.63, 3.8) is 0 Å². The van der Waals surface area contributed by atoms with Gasteiger partial charge in [-0.15, -0.1) is 0 Å². The summed E-state index contributed by atoms with van der Waals surface area (Å²) in [6.45, 7) is 5.97. The standard InChI is InChI=1S/C25H24N2O4/c1-16(2)31-20-12-10-19(11-13-20)26-23-22(18-8-6-17(3)7-9-18)24(28)27(25(23)29)15-21-5-4-14-30-21/h4-14,16,26H,15H2,1-3H3. The van der Waals surface area contributed by atoms with Crippen molar-refractivity contribution < 1.29 is 18.7 Å². The molecular formula is C25H24N2O4. The summed E-state index contributed by atoms with van der Waals surface area (Å²) in [4.78, 5) is 27.7. The zero-order valence-electron chi connectivity index (χ0n) is 17.7. The molecule has 0 spiro atoms. The number of carbonyl (C=O) groups excluding carboxylic acids is 2. The Morgan fingerprint density at radius 1 is 0.968 bits per heavy atom. The normalized spacial score (nSPS) is 14.0. The molecule has 0 aliphatic carbocycles. The number of benzene rings is 2. The maximum Gasteiger partial charge on any atom is 0.278 e. The van der Waals surface area contributed by atoms with E-state index in [9.17, 15) is 9.59 Å². The van der Waals surface area contributed by atoms with Crippen LogP contribution in [0, 0.1) is 6.92 Å². The third-order valence-corrected chi connectivity index (χ3v) is 4.90. The summed E-state index contributed by atoms with van der Waals surface area (Å²) in [7, 11) is 0. The smallest absolute Gasteiger partial charge is 0.278 e. The maximum absolute atomic E-state index is 13.2. The molecule has 3 aromatic rings. The highest BCUT2D eigenvalue weighted by Crippen LogP contribution is 2.32. The average molecular weight is 416 g/mol. The van der Waals surface area contributed by atoms with Gasteiger partial charge in [-0.3, -0.25) is 14.5 Å². The van der Waals surface area contributed by atoms with Crippen LogP contribution in [0.15, 0.2) is 77.0 Å². The summed E-state index contributed by atoms with van der Waals surface area (Å²) in [6.07, 6.45) is 1.59. The Morgan fingerprint density at radius 3 is 2.29 bits per heavy atom. The molecule has 2 heterocycles. The molecule has 0 fully saturated rings. The van der Waals surface area contributed by atoms with Gasteiger partial charge in [0, 0.05) is 5.69 Å². The Kier molecular flexibility index (Phi) is 5.62. The number of aryl methyl sites for hydroxylation is 1. The second-order valence-electron chi connectivity index (χ2n) is 7.71. The van der Waals surface area contributed by atoms with Gasteiger partial charge in [0.2, 0.25) is 0 Å². The van der Waals surface area contributed by atoms with Crippen molar-refractivity contribution in [3.8, 4) is 5.75 Å². The largest absolute Gasteiger partial charge is 0.491 e. The van der Waals surface area contributed by atoms with Gasteiger partial charge in [-0.25, -0.2) is 0 Å². The van der Waals surface area contributed by atoms with E-state index in [0.29, 0.717) is 22.6 Å². The lowest BCUT2D eigenvalue weighted by atomic mass is 10.0. The molecule has 1 N–H and O–H groups in total. The van der Waals surface area contributed by atoms with Crippen molar-refractivity contribution in [1.29, 1.82) is 0 Å². The van der Waals surface area contributed by atoms with Gasteiger partial charge < -0.3 is 14.5 Å². The first-order valence-electron chi connectivity index (χ1n) is 10.2. The monoisotopic (exact) mass is 416 g/mol. The molecule has 0 atom stereocenters. The minimum atomic E-state index is -0.389. The number of furan rings is 1. The number of amides is 2. The first kappa shape index (κ1) is 20.5. The summed E-state index contributed by atoms with van der Waals surface area (Å²) in [5.74, 6) is 0.537. The number of imide groups is 1. The van der Waals surface area contributed by atoms with Crippen LogP contribution in [0.4, 0.5) is 5.69 Å². The van der Waals surface area contributed by atoms with Gasteiger partial charge in [-0.1, -0.05) is 29.8 Å². The highest BCUT2D eigenvalue weighted by molar-refractivity contribution is 6.36. The number of rotatable bonds is 7. The average Bonchev–Trinajstić information content (AvgIpc) is 3.33. The van der Waals surface area contributed by atoms with Gasteiger partial charge >= 0.3 is 0 Å². The zero-order valence-corrected chi connectivity index (χ0v) is 17.7. The van der Waals surface area contributed by atoms with Crippen LogP contribution in [-0.4, -0.2) is 22.8 Å². The lowest BCUT2D eigenvalue weighted by molar-refractivity contribution is -0.137. The van der Waals surface area contributed by atoms with Crippen LogP contribution >= 0.6 is 0 Å². The number of hydrogen-bond acceptors (Lipinski definition) is 5. The third-order valence-electron chi connectivity index (χ3n) is 4.90. The zero-order chi connectivity index (χ0) is 22.0. The molecule has 158 valence electrons. The number of nitrogens with zero attached hydrogens (tertiary/aromatic N) is 1. The Labute approximate surface area is 181 Å². The Balaban J connectivity index is 1.68. The maximum atomic E-state index is 13.2. The molecule has 2 aromatic carbocycles. The van der Waals surface area contributed by atoms with E-state index < -0.39 is 0 Å². The molecule has 6 heteroatoms. The summed E-state index contributed by atoms with van der Waals surface area (Å²) >= 11 is 0. The van der Waals surface area contributed by atoms with E-state index in [4.69, 9.17) is 9.15 Å². The van der Waals surface area contributed by atoms with Gasteiger partial charge in [0.25, 0.3) is 11.8 Å². The van der Waals surface area contributed by atoms with E-state index in [1.54, 1.807) is 12.1 Å². The topological polar surface area (TPSA) is 71.8 Å². The van der Waals surface area contributed by atoms with Gasteiger partial charge in [-0.2, -0.15) is 0 Å². The second-order valence-corrected chi connectivity index (χ2v) is 7.71. The van der Waals surface area contributed by atoms with Crippen LogP contribution in [0.2, 0.25) is 0 Å². The molecule has 0 unspecified atom stereocenters. The van der Waals surface area contributed by atoms with Crippen LogP contribution < -0.4 is 10.1 Å². The quantitative estimate of drug-likeness (QED) is 0.562. The fraction of sp³-hybridized carbons (Fsp3) is 0.200. The van der Waals surface area contributed by atoms with Gasteiger partial charge in [0.05, 0.1) is 24.5 Å². The number of hydrogen-bond donors (Lipinski definition) is 1. The Hall–Kier alpha value is -3.80. The molecule has 0 saturated carbocycles. The van der Waals surface area contributed by atoms with Crippen LogP contribution in [0.3, 0.4) is 0 Å². The SMILES string of the molecule is Cc1ccc(C2=C(Nc3ccc(OC(C)C)cc3)C(=O)N(Cc3ccco3)C2=O)cc1. The molecule has 1 aliphatic heterocycles. The van der Waals surface area contributed by atoms with Crippen molar-refractivity contribution in [1.82, 2.24) is 4.90 Å². The molecule has 0 radical (unpaired) electrons. The number of ether oxygens (including phenoxy) is 1. The van der Waals surface area contributed by atoms with Crippen molar-refractivity contribution >= 4 is 23.1 Å². The van der Waals surface area contributed by atoms with E-state index >= 15 is 0 Å². The van der Waals surface area contributed by atoms with Crippen molar-refractivity contribution in [2.75, 3.05) is 5.32 Å². The van der Waals surface area contributed by atoms with Crippen molar-refractivity contribution in [3.05, 3.63) is 89.5 Å². The van der Waals surface area contributed by atoms with Crippen molar-refractivity contribution in [2.45, 2.75) is 33.4 Å². The molecule has 4 rings (SSSR count).